The third-order valence-corrected chi connectivity index (χ3v) is 3.75. The average Bonchev–Trinajstić information content (AvgIpc) is 2.33. The van der Waals surface area contributed by atoms with E-state index in [1.54, 1.807) is 0 Å². The lowest BCUT2D eigenvalue weighted by Gasteiger charge is -2.39. The highest BCUT2D eigenvalue weighted by Crippen LogP contribution is 2.22. The molecule has 1 aliphatic rings. The van der Waals surface area contributed by atoms with E-state index in [4.69, 9.17) is 0 Å². The Kier molecular flexibility index (Phi) is 4.25. The van der Waals surface area contributed by atoms with Crippen LogP contribution in [0, 0.1) is 13.8 Å². The molecule has 1 unspecified atom stereocenters. The number of nitrogens with one attached hydrogen (secondary N) is 1. The Balaban J connectivity index is 2.19. The summed E-state index contributed by atoms with van der Waals surface area (Å²) in [6.07, 6.45) is 0. The molecule has 0 bridgehead atoms. The Bertz CT molecular complexity index is 401. The molecule has 1 aromatic rings. The molecule has 3 heteroatoms. The minimum absolute atomic E-state index is 0.566. The fourth-order valence-electron chi connectivity index (χ4n) is 2.59. The van der Waals surface area contributed by atoms with Gasteiger partial charge in [-0.15, -0.1) is 0 Å². The van der Waals surface area contributed by atoms with Crippen molar-refractivity contribution in [3.8, 4) is 0 Å². The molecule has 100 valence electrons. The Hall–Kier alpha value is -1.06. The van der Waals surface area contributed by atoms with Gasteiger partial charge in [-0.2, -0.15) is 0 Å². The molecule has 0 saturated carbocycles. The standard InChI is InChI=1S/C15H25N3/c1-12-5-6-14(9-13(12)2)18-8-7-16-10-15(18)11-17(3)4/h5-6,9,15-16H,7-8,10-11H2,1-4H3. The first-order valence-electron chi connectivity index (χ1n) is 6.77. The zero-order valence-electron chi connectivity index (χ0n) is 12.0. The number of anilines is 1. The highest BCUT2D eigenvalue weighted by Gasteiger charge is 2.22. The molecule has 0 spiro atoms. The van der Waals surface area contributed by atoms with E-state index in [-0.39, 0.29) is 0 Å². The fourth-order valence-corrected chi connectivity index (χ4v) is 2.59. The Labute approximate surface area is 111 Å². The van der Waals surface area contributed by atoms with E-state index in [1.807, 2.05) is 0 Å². The van der Waals surface area contributed by atoms with Crippen LogP contribution in [0.15, 0.2) is 18.2 Å². The maximum Gasteiger partial charge on any atom is 0.0541 e. The van der Waals surface area contributed by atoms with Crippen molar-refractivity contribution in [1.82, 2.24) is 10.2 Å². The second kappa shape index (κ2) is 5.72. The molecule has 1 aromatic carbocycles. The van der Waals surface area contributed by atoms with Crippen LogP contribution in [0.5, 0.6) is 0 Å². The fraction of sp³-hybridized carbons (Fsp3) is 0.600. The van der Waals surface area contributed by atoms with Gasteiger partial charge in [0, 0.05) is 31.9 Å². The molecule has 0 aliphatic carbocycles. The molecule has 18 heavy (non-hydrogen) atoms. The van der Waals surface area contributed by atoms with Crippen molar-refractivity contribution < 1.29 is 0 Å². The highest BCUT2D eigenvalue weighted by atomic mass is 15.3. The van der Waals surface area contributed by atoms with Crippen LogP contribution in [0.1, 0.15) is 11.1 Å². The topological polar surface area (TPSA) is 18.5 Å². The maximum atomic E-state index is 3.50. The predicted octanol–water partition coefficient (Wildman–Crippen LogP) is 1.64. The summed E-state index contributed by atoms with van der Waals surface area (Å²) < 4.78 is 0. The molecule has 1 heterocycles. The number of hydrogen-bond acceptors (Lipinski definition) is 3. The molecule has 0 aromatic heterocycles. The number of nitrogens with zero attached hydrogens (tertiary/aromatic N) is 2. The van der Waals surface area contributed by atoms with Crippen LogP contribution in [0.4, 0.5) is 5.69 Å². The average molecular weight is 247 g/mol. The zero-order valence-corrected chi connectivity index (χ0v) is 12.0. The Morgan fingerprint density at radius 2 is 2.06 bits per heavy atom. The van der Waals surface area contributed by atoms with Crippen LogP contribution < -0.4 is 10.2 Å². The van der Waals surface area contributed by atoms with Gasteiger partial charge in [-0.3, -0.25) is 0 Å². The maximum absolute atomic E-state index is 3.50. The highest BCUT2D eigenvalue weighted by molar-refractivity contribution is 5.52. The van der Waals surface area contributed by atoms with Crippen LogP contribution in [0.2, 0.25) is 0 Å². The lowest BCUT2D eigenvalue weighted by molar-refractivity contribution is 0.337. The summed E-state index contributed by atoms with van der Waals surface area (Å²) in [5.74, 6) is 0. The van der Waals surface area contributed by atoms with E-state index < -0.39 is 0 Å². The number of rotatable bonds is 3. The lowest BCUT2D eigenvalue weighted by atomic mass is 10.1. The summed E-state index contributed by atoms with van der Waals surface area (Å²) in [6.45, 7) is 8.72. The van der Waals surface area contributed by atoms with Crippen molar-refractivity contribution in [2.75, 3.05) is 45.2 Å². The lowest BCUT2D eigenvalue weighted by Crippen LogP contribution is -2.55. The van der Waals surface area contributed by atoms with E-state index in [1.165, 1.54) is 16.8 Å². The van der Waals surface area contributed by atoms with E-state index in [9.17, 15) is 0 Å². The minimum atomic E-state index is 0.566. The van der Waals surface area contributed by atoms with Gasteiger partial charge in [-0.05, 0) is 51.2 Å². The predicted molar refractivity (Wildman–Crippen MR) is 78.5 cm³/mol. The number of benzene rings is 1. The van der Waals surface area contributed by atoms with Crippen LogP contribution in [-0.4, -0.2) is 51.2 Å². The summed E-state index contributed by atoms with van der Waals surface area (Å²) in [5, 5.41) is 3.50. The van der Waals surface area contributed by atoms with E-state index in [2.05, 4.69) is 61.3 Å². The molecule has 3 nitrogen and oxygen atoms in total. The first-order valence-corrected chi connectivity index (χ1v) is 6.77. The SMILES string of the molecule is Cc1ccc(N2CCNCC2CN(C)C)cc1C. The van der Waals surface area contributed by atoms with Crippen LogP contribution >= 0.6 is 0 Å². The molecule has 1 aliphatic heterocycles. The minimum Gasteiger partial charge on any atom is -0.365 e. The summed E-state index contributed by atoms with van der Waals surface area (Å²) in [4.78, 5) is 4.81. The smallest absolute Gasteiger partial charge is 0.0541 e. The molecule has 2 rings (SSSR count). The van der Waals surface area contributed by atoms with Gasteiger partial charge >= 0.3 is 0 Å². The third-order valence-electron chi connectivity index (χ3n) is 3.75. The molecular formula is C15H25N3. The van der Waals surface area contributed by atoms with Gasteiger partial charge in [-0.1, -0.05) is 6.07 Å². The number of aryl methyl sites for hydroxylation is 2. The molecule has 1 atom stereocenters. The Morgan fingerprint density at radius 3 is 2.72 bits per heavy atom. The van der Waals surface area contributed by atoms with Gasteiger partial charge in [-0.25, -0.2) is 0 Å². The molecule has 0 radical (unpaired) electrons. The summed E-state index contributed by atoms with van der Waals surface area (Å²) in [5.41, 5.74) is 4.12. The van der Waals surface area contributed by atoms with Crippen molar-refractivity contribution in [2.24, 2.45) is 0 Å². The number of likely N-dealkylation sites (N-methyl/N-ethyl adjacent to an activating group) is 1. The number of piperazine rings is 1. The monoisotopic (exact) mass is 247 g/mol. The third kappa shape index (κ3) is 3.03. The summed E-state index contributed by atoms with van der Waals surface area (Å²) in [7, 11) is 4.29. The van der Waals surface area contributed by atoms with Crippen LogP contribution in [0.3, 0.4) is 0 Å². The van der Waals surface area contributed by atoms with Gasteiger partial charge in [0.2, 0.25) is 0 Å². The van der Waals surface area contributed by atoms with Crippen molar-refractivity contribution in [1.29, 1.82) is 0 Å². The van der Waals surface area contributed by atoms with E-state index >= 15 is 0 Å². The van der Waals surface area contributed by atoms with Gasteiger partial charge in [0.1, 0.15) is 0 Å². The summed E-state index contributed by atoms with van der Waals surface area (Å²) in [6, 6.07) is 7.38. The second-order valence-electron chi connectivity index (χ2n) is 5.58. The molecular weight excluding hydrogens is 222 g/mol. The quantitative estimate of drug-likeness (QED) is 0.876. The largest absolute Gasteiger partial charge is 0.365 e. The molecule has 1 saturated heterocycles. The normalized spacial score (nSPS) is 20.5. The molecule has 1 fully saturated rings. The molecule has 0 amide bonds. The van der Waals surface area contributed by atoms with Gasteiger partial charge < -0.3 is 15.1 Å². The van der Waals surface area contributed by atoms with Gasteiger partial charge in [0.25, 0.3) is 0 Å². The van der Waals surface area contributed by atoms with Gasteiger partial charge in [0.05, 0.1) is 6.04 Å². The molecule has 1 N–H and O–H groups in total. The Morgan fingerprint density at radius 1 is 1.28 bits per heavy atom. The van der Waals surface area contributed by atoms with Crippen molar-refractivity contribution in [3.05, 3.63) is 29.3 Å². The van der Waals surface area contributed by atoms with Crippen LogP contribution in [-0.2, 0) is 0 Å². The van der Waals surface area contributed by atoms with E-state index in [0.717, 1.165) is 26.2 Å². The van der Waals surface area contributed by atoms with Gasteiger partial charge in [0.15, 0.2) is 0 Å². The van der Waals surface area contributed by atoms with Crippen LogP contribution in [0.25, 0.3) is 0 Å². The first-order chi connectivity index (χ1) is 8.58. The summed E-state index contributed by atoms with van der Waals surface area (Å²) >= 11 is 0. The van der Waals surface area contributed by atoms with Crippen molar-refractivity contribution in [3.63, 3.8) is 0 Å². The van der Waals surface area contributed by atoms with Crippen molar-refractivity contribution >= 4 is 5.69 Å². The number of hydrogen-bond donors (Lipinski definition) is 1. The zero-order chi connectivity index (χ0) is 13.1. The van der Waals surface area contributed by atoms with E-state index in [0.29, 0.717) is 6.04 Å². The van der Waals surface area contributed by atoms with Crippen molar-refractivity contribution in [2.45, 2.75) is 19.9 Å². The first kappa shape index (κ1) is 13.4. The second-order valence-corrected chi connectivity index (χ2v) is 5.58.